The van der Waals surface area contributed by atoms with Gasteiger partial charge in [-0.15, -0.1) is 0 Å². The minimum Gasteiger partial charge on any atom is -0.487 e. The summed E-state index contributed by atoms with van der Waals surface area (Å²) < 4.78 is 16.3. The predicted molar refractivity (Wildman–Crippen MR) is 106 cm³/mol. The number of amides is 1. The second kappa shape index (κ2) is 8.51. The van der Waals surface area contributed by atoms with Crippen LogP contribution >= 0.6 is 0 Å². The molecule has 0 bridgehead atoms. The second-order valence-electron chi connectivity index (χ2n) is 7.82. The van der Waals surface area contributed by atoms with Gasteiger partial charge >= 0.3 is 12.1 Å². The number of rotatable bonds is 4. The lowest BCUT2D eigenvalue weighted by molar-refractivity contribution is -0.147. The van der Waals surface area contributed by atoms with E-state index in [1.165, 1.54) is 12.0 Å². The van der Waals surface area contributed by atoms with Crippen molar-refractivity contribution in [1.29, 1.82) is 0 Å². The number of aromatic nitrogens is 1. The van der Waals surface area contributed by atoms with E-state index in [4.69, 9.17) is 14.2 Å². The molecule has 0 saturated carbocycles. The Labute approximate surface area is 170 Å². The summed E-state index contributed by atoms with van der Waals surface area (Å²) in [5.41, 5.74) is 1.84. The molecule has 0 N–H and O–H groups in total. The number of nitrogens with zero attached hydrogens (tertiary/aromatic N) is 2. The lowest BCUT2D eigenvalue weighted by Crippen LogP contribution is -2.46. The van der Waals surface area contributed by atoms with E-state index in [0.717, 1.165) is 16.8 Å². The largest absolute Gasteiger partial charge is 0.487 e. The van der Waals surface area contributed by atoms with Crippen molar-refractivity contribution in [2.24, 2.45) is 0 Å². The van der Waals surface area contributed by atoms with Gasteiger partial charge in [-0.25, -0.2) is 9.59 Å². The average molecular weight is 398 g/mol. The Kier molecular flexibility index (Phi) is 6.06. The standard InChI is InChI=1S/C22H26N2O5/c1-22(2,3)29-21(26)24-12-10-15-13-17(28-14-16-7-5-6-11-23-16)8-9-18(15)19(24)20(25)27-4/h5-9,11,13,19H,10,12,14H2,1-4H3/t19-/m1/s1. The number of hydrogen-bond acceptors (Lipinski definition) is 6. The third kappa shape index (κ3) is 5.04. The highest BCUT2D eigenvalue weighted by Gasteiger charge is 2.39. The van der Waals surface area contributed by atoms with Crippen LogP contribution in [0.2, 0.25) is 0 Å². The second-order valence-corrected chi connectivity index (χ2v) is 7.82. The fraction of sp³-hybridized carbons (Fsp3) is 0.409. The van der Waals surface area contributed by atoms with Crippen molar-refractivity contribution in [2.45, 2.75) is 45.4 Å². The summed E-state index contributed by atoms with van der Waals surface area (Å²) in [6.45, 7) is 6.08. The van der Waals surface area contributed by atoms with Gasteiger partial charge in [0.15, 0.2) is 6.04 Å². The first kappa shape index (κ1) is 20.6. The number of benzene rings is 1. The third-order valence-electron chi connectivity index (χ3n) is 4.51. The lowest BCUT2D eigenvalue weighted by atomic mass is 9.92. The van der Waals surface area contributed by atoms with Crippen LogP contribution in [0.5, 0.6) is 5.75 Å². The maximum atomic E-state index is 12.6. The molecule has 2 aromatic rings. The van der Waals surface area contributed by atoms with Crippen LogP contribution in [-0.2, 0) is 27.3 Å². The van der Waals surface area contributed by atoms with Gasteiger partial charge in [-0.1, -0.05) is 12.1 Å². The molecular weight excluding hydrogens is 372 g/mol. The zero-order valence-corrected chi connectivity index (χ0v) is 17.2. The van der Waals surface area contributed by atoms with E-state index in [0.29, 0.717) is 25.3 Å². The Hall–Kier alpha value is -3.09. The van der Waals surface area contributed by atoms with Crippen molar-refractivity contribution in [2.75, 3.05) is 13.7 Å². The lowest BCUT2D eigenvalue weighted by Gasteiger charge is -2.36. The van der Waals surface area contributed by atoms with Gasteiger partial charge in [0.2, 0.25) is 0 Å². The predicted octanol–water partition coefficient (Wildman–Crippen LogP) is 3.67. The van der Waals surface area contributed by atoms with Crippen LogP contribution in [0.1, 0.15) is 43.6 Å². The van der Waals surface area contributed by atoms with Crippen molar-refractivity contribution in [1.82, 2.24) is 9.88 Å². The molecule has 1 aromatic carbocycles. The SMILES string of the molecule is COC(=O)[C@H]1c2ccc(OCc3ccccn3)cc2CCN1C(=O)OC(C)(C)C. The Morgan fingerprint density at radius 3 is 2.66 bits per heavy atom. The Balaban J connectivity index is 1.82. The fourth-order valence-corrected chi connectivity index (χ4v) is 3.22. The molecule has 1 amide bonds. The molecule has 0 unspecified atom stereocenters. The monoisotopic (exact) mass is 398 g/mol. The van der Waals surface area contributed by atoms with Gasteiger partial charge in [0, 0.05) is 12.7 Å². The smallest absolute Gasteiger partial charge is 0.411 e. The number of methoxy groups -OCH3 is 1. The van der Waals surface area contributed by atoms with Crippen LogP contribution in [0, 0.1) is 0 Å². The zero-order valence-electron chi connectivity index (χ0n) is 17.2. The number of carbonyl (C=O) groups excluding carboxylic acids is 2. The minimum atomic E-state index is -0.844. The van der Waals surface area contributed by atoms with Gasteiger partial charge in [-0.3, -0.25) is 9.88 Å². The number of fused-ring (bicyclic) bond motifs is 1. The molecule has 0 saturated heterocycles. The van der Waals surface area contributed by atoms with Crippen LogP contribution in [0.25, 0.3) is 0 Å². The maximum Gasteiger partial charge on any atom is 0.411 e. The van der Waals surface area contributed by atoms with Crippen LogP contribution in [-0.4, -0.2) is 41.2 Å². The summed E-state index contributed by atoms with van der Waals surface area (Å²) in [4.78, 5) is 30.8. The third-order valence-corrected chi connectivity index (χ3v) is 4.51. The van der Waals surface area contributed by atoms with Crippen molar-refractivity contribution in [3.63, 3.8) is 0 Å². The molecule has 1 aromatic heterocycles. The van der Waals surface area contributed by atoms with Gasteiger partial charge < -0.3 is 14.2 Å². The molecule has 29 heavy (non-hydrogen) atoms. The molecule has 7 nitrogen and oxygen atoms in total. The molecule has 7 heteroatoms. The summed E-state index contributed by atoms with van der Waals surface area (Å²) in [5.74, 6) is 0.183. The molecule has 0 fully saturated rings. The summed E-state index contributed by atoms with van der Waals surface area (Å²) >= 11 is 0. The minimum absolute atomic E-state index is 0.351. The molecule has 2 heterocycles. The zero-order chi connectivity index (χ0) is 21.0. The number of ether oxygens (including phenoxy) is 3. The Morgan fingerprint density at radius 1 is 1.21 bits per heavy atom. The van der Waals surface area contributed by atoms with Crippen LogP contribution in [0.4, 0.5) is 4.79 Å². The molecule has 1 aliphatic heterocycles. The number of carbonyl (C=O) groups is 2. The van der Waals surface area contributed by atoms with Crippen molar-refractivity contribution in [3.8, 4) is 5.75 Å². The first-order chi connectivity index (χ1) is 13.8. The Morgan fingerprint density at radius 2 is 2.00 bits per heavy atom. The van der Waals surface area contributed by atoms with Gasteiger partial charge in [0.25, 0.3) is 0 Å². The van der Waals surface area contributed by atoms with E-state index < -0.39 is 23.7 Å². The molecule has 1 atom stereocenters. The van der Waals surface area contributed by atoms with Crippen molar-refractivity contribution >= 4 is 12.1 Å². The van der Waals surface area contributed by atoms with Gasteiger partial charge in [-0.2, -0.15) is 0 Å². The Bertz CT molecular complexity index is 877. The van der Waals surface area contributed by atoms with E-state index in [2.05, 4.69) is 4.98 Å². The van der Waals surface area contributed by atoms with E-state index >= 15 is 0 Å². The van der Waals surface area contributed by atoms with Gasteiger partial charge in [-0.05, 0) is 62.6 Å². The molecule has 1 aliphatic rings. The molecule has 3 rings (SSSR count). The first-order valence-corrected chi connectivity index (χ1v) is 9.51. The highest BCUT2D eigenvalue weighted by molar-refractivity contribution is 5.84. The summed E-state index contributed by atoms with van der Waals surface area (Å²) in [7, 11) is 1.31. The number of hydrogen-bond donors (Lipinski definition) is 0. The number of esters is 1. The van der Waals surface area contributed by atoms with E-state index in [1.807, 2.05) is 24.3 Å². The molecular formula is C22H26N2O5. The summed E-state index contributed by atoms with van der Waals surface area (Å²) in [5, 5.41) is 0. The van der Waals surface area contributed by atoms with Gasteiger partial charge in [0.1, 0.15) is 18.0 Å². The van der Waals surface area contributed by atoms with E-state index in [9.17, 15) is 9.59 Å². The maximum absolute atomic E-state index is 12.6. The van der Waals surface area contributed by atoms with E-state index in [-0.39, 0.29) is 0 Å². The average Bonchev–Trinajstić information content (AvgIpc) is 2.70. The van der Waals surface area contributed by atoms with Gasteiger partial charge in [0.05, 0.1) is 12.8 Å². The highest BCUT2D eigenvalue weighted by Crippen LogP contribution is 2.34. The normalized spacial score (nSPS) is 16.0. The molecule has 154 valence electrons. The molecule has 0 spiro atoms. The molecule has 0 aliphatic carbocycles. The highest BCUT2D eigenvalue weighted by atomic mass is 16.6. The van der Waals surface area contributed by atoms with E-state index in [1.54, 1.807) is 39.1 Å². The van der Waals surface area contributed by atoms with Crippen LogP contribution in [0.15, 0.2) is 42.6 Å². The van der Waals surface area contributed by atoms with Crippen molar-refractivity contribution in [3.05, 3.63) is 59.4 Å². The molecule has 0 radical (unpaired) electrons. The van der Waals surface area contributed by atoms with Crippen LogP contribution in [0.3, 0.4) is 0 Å². The topological polar surface area (TPSA) is 78.0 Å². The quantitative estimate of drug-likeness (QED) is 0.732. The fourth-order valence-electron chi connectivity index (χ4n) is 3.22. The first-order valence-electron chi connectivity index (χ1n) is 9.51. The summed E-state index contributed by atoms with van der Waals surface area (Å²) in [6, 6.07) is 10.3. The van der Waals surface area contributed by atoms with Crippen LogP contribution < -0.4 is 4.74 Å². The van der Waals surface area contributed by atoms with Crippen molar-refractivity contribution < 1.29 is 23.8 Å². The summed E-state index contributed by atoms with van der Waals surface area (Å²) in [6.07, 6.45) is 1.77. The number of pyridine rings is 1.